The number of aldehydes is 1. The summed E-state index contributed by atoms with van der Waals surface area (Å²) in [5.74, 6) is 0.199. The normalized spacial score (nSPS) is 30.6. The van der Waals surface area contributed by atoms with E-state index in [2.05, 4.69) is 13.8 Å². The average Bonchev–Trinajstić information content (AvgIpc) is 2.09. The summed E-state index contributed by atoms with van der Waals surface area (Å²) in [6.45, 7) is 4.28. The molecule has 1 rings (SSSR count). The minimum atomic E-state index is 0.0405. The molecule has 0 spiro atoms. The van der Waals surface area contributed by atoms with E-state index < -0.39 is 0 Å². The van der Waals surface area contributed by atoms with Crippen molar-refractivity contribution in [2.24, 2.45) is 11.8 Å². The molecule has 0 aliphatic heterocycles. The van der Waals surface area contributed by atoms with Crippen LogP contribution in [0.15, 0.2) is 11.1 Å². The van der Waals surface area contributed by atoms with Gasteiger partial charge in [-0.05, 0) is 32.6 Å². The molecule has 1 aliphatic carbocycles. The molecule has 2 atom stereocenters. The van der Waals surface area contributed by atoms with E-state index in [9.17, 15) is 4.79 Å². The van der Waals surface area contributed by atoms with Gasteiger partial charge in [0, 0.05) is 12.5 Å². The van der Waals surface area contributed by atoms with E-state index in [1.807, 2.05) is 0 Å². The Morgan fingerprint density at radius 3 is 2.50 bits per heavy atom. The quantitative estimate of drug-likeness (QED) is 0.501. The minimum Gasteiger partial charge on any atom is -0.396 e. The first-order valence-corrected chi connectivity index (χ1v) is 4.40. The summed E-state index contributed by atoms with van der Waals surface area (Å²) >= 11 is 0. The number of rotatable bonds is 2. The number of aliphatic hydroxyl groups excluding tert-OH is 1. The summed E-state index contributed by atoms with van der Waals surface area (Å²) < 4.78 is 0. The molecule has 2 heteroatoms. The van der Waals surface area contributed by atoms with E-state index in [1.54, 1.807) is 0 Å². The number of carbonyl (C=O) groups is 1. The monoisotopic (exact) mass is 168 g/mol. The van der Waals surface area contributed by atoms with Gasteiger partial charge in [-0.3, -0.25) is 0 Å². The Bertz CT molecular complexity index is 206. The molecule has 2 unspecified atom stereocenters. The molecule has 1 aliphatic rings. The van der Waals surface area contributed by atoms with Crippen molar-refractivity contribution in [1.82, 2.24) is 0 Å². The van der Waals surface area contributed by atoms with Crippen LogP contribution in [0.3, 0.4) is 0 Å². The molecule has 0 saturated heterocycles. The van der Waals surface area contributed by atoms with Gasteiger partial charge in [0.2, 0.25) is 0 Å². The molecular weight excluding hydrogens is 152 g/mol. The maximum Gasteiger partial charge on any atom is 0.123 e. The highest BCUT2D eigenvalue weighted by Crippen LogP contribution is 2.32. The molecular formula is C10H16O2. The maximum absolute atomic E-state index is 10.6. The SMILES string of the molecule is CC1=C(C)CC(CO)C(C=O)C1. The third-order valence-corrected chi connectivity index (χ3v) is 2.85. The number of hydrogen-bond acceptors (Lipinski definition) is 2. The van der Waals surface area contributed by atoms with Crippen LogP contribution in [-0.4, -0.2) is 18.0 Å². The standard InChI is InChI=1S/C10H16O2/c1-7-3-9(5-11)10(6-12)4-8(7)2/h5,9-10,12H,3-4,6H2,1-2H3. The van der Waals surface area contributed by atoms with Crippen LogP contribution in [-0.2, 0) is 4.79 Å². The van der Waals surface area contributed by atoms with Gasteiger partial charge in [-0.1, -0.05) is 11.1 Å². The lowest BCUT2D eigenvalue weighted by molar-refractivity contribution is -0.113. The topological polar surface area (TPSA) is 37.3 Å². The van der Waals surface area contributed by atoms with Crippen molar-refractivity contribution < 1.29 is 9.90 Å². The number of aliphatic hydroxyl groups is 1. The third kappa shape index (κ3) is 1.75. The zero-order chi connectivity index (χ0) is 9.14. The Morgan fingerprint density at radius 2 is 2.00 bits per heavy atom. The van der Waals surface area contributed by atoms with Crippen molar-refractivity contribution >= 4 is 6.29 Å². The van der Waals surface area contributed by atoms with Gasteiger partial charge in [-0.2, -0.15) is 0 Å². The van der Waals surface area contributed by atoms with Crippen LogP contribution in [0.1, 0.15) is 26.7 Å². The van der Waals surface area contributed by atoms with Crippen LogP contribution in [0.5, 0.6) is 0 Å². The molecule has 12 heavy (non-hydrogen) atoms. The van der Waals surface area contributed by atoms with Crippen molar-refractivity contribution in [3.63, 3.8) is 0 Å². The highest BCUT2D eigenvalue weighted by atomic mass is 16.3. The molecule has 0 aromatic rings. The van der Waals surface area contributed by atoms with E-state index in [0.29, 0.717) is 0 Å². The lowest BCUT2D eigenvalue weighted by atomic mass is 9.78. The predicted molar refractivity (Wildman–Crippen MR) is 47.7 cm³/mol. The number of carbonyl (C=O) groups excluding carboxylic acids is 1. The van der Waals surface area contributed by atoms with Crippen LogP contribution in [0, 0.1) is 11.8 Å². The van der Waals surface area contributed by atoms with E-state index >= 15 is 0 Å². The van der Waals surface area contributed by atoms with Crippen molar-refractivity contribution in [2.45, 2.75) is 26.7 Å². The van der Waals surface area contributed by atoms with Crippen molar-refractivity contribution in [3.8, 4) is 0 Å². The fourth-order valence-electron chi connectivity index (χ4n) is 1.77. The lowest BCUT2D eigenvalue weighted by Gasteiger charge is -2.27. The molecule has 0 aromatic heterocycles. The minimum absolute atomic E-state index is 0.0405. The van der Waals surface area contributed by atoms with Gasteiger partial charge in [0.15, 0.2) is 0 Å². The highest BCUT2D eigenvalue weighted by molar-refractivity contribution is 5.55. The van der Waals surface area contributed by atoms with E-state index in [4.69, 9.17) is 5.11 Å². The van der Waals surface area contributed by atoms with Gasteiger partial charge in [0.25, 0.3) is 0 Å². The summed E-state index contributed by atoms with van der Waals surface area (Å²) in [4.78, 5) is 10.6. The second-order valence-corrected chi connectivity index (χ2v) is 3.71. The molecule has 0 fully saturated rings. The molecule has 68 valence electrons. The van der Waals surface area contributed by atoms with Crippen LogP contribution in [0.25, 0.3) is 0 Å². The van der Waals surface area contributed by atoms with Crippen LogP contribution >= 0.6 is 0 Å². The fraction of sp³-hybridized carbons (Fsp3) is 0.700. The van der Waals surface area contributed by atoms with E-state index in [0.717, 1.165) is 19.1 Å². The zero-order valence-electron chi connectivity index (χ0n) is 7.71. The Morgan fingerprint density at radius 1 is 1.42 bits per heavy atom. The fourth-order valence-corrected chi connectivity index (χ4v) is 1.77. The molecule has 2 nitrogen and oxygen atoms in total. The van der Waals surface area contributed by atoms with Gasteiger partial charge < -0.3 is 9.90 Å². The smallest absolute Gasteiger partial charge is 0.123 e. The number of allylic oxidation sites excluding steroid dienone is 2. The first kappa shape index (κ1) is 9.46. The van der Waals surface area contributed by atoms with Crippen LogP contribution in [0.4, 0.5) is 0 Å². The average molecular weight is 168 g/mol. The van der Waals surface area contributed by atoms with Gasteiger partial charge in [0.05, 0.1) is 0 Å². The number of hydrogen-bond donors (Lipinski definition) is 1. The summed E-state index contributed by atoms with van der Waals surface area (Å²) in [7, 11) is 0. The molecule has 0 heterocycles. The van der Waals surface area contributed by atoms with Gasteiger partial charge in [-0.15, -0.1) is 0 Å². The molecule has 0 bridgehead atoms. The molecule has 0 aromatic carbocycles. The summed E-state index contributed by atoms with van der Waals surface area (Å²) in [6.07, 6.45) is 2.70. The lowest BCUT2D eigenvalue weighted by Crippen LogP contribution is -2.24. The largest absolute Gasteiger partial charge is 0.396 e. The Kier molecular flexibility index (Phi) is 3.04. The second-order valence-electron chi connectivity index (χ2n) is 3.71. The van der Waals surface area contributed by atoms with Gasteiger partial charge >= 0.3 is 0 Å². The molecule has 0 saturated carbocycles. The van der Waals surface area contributed by atoms with E-state index in [1.165, 1.54) is 11.1 Å². The zero-order valence-corrected chi connectivity index (χ0v) is 7.71. The molecule has 1 N–H and O–H groups in total. The first-order chi connectivity index (χ1) is 5.69. The molecule has 0 radical (unpaired) electrons. The maximum atomic E-state index is 10.6. The van der Waals surface area contributed by atoms with Gasteiger partial charge in [0.1, 0.15) is 6.29 Å². The Balaban J connectivity index is 2.75. The Labute approximate surface area is 73.3 Å². The second kappa shape index (κ2) is 3.85. The summed E-state index contributed by atoms with van der Waals surface area (Å²) in [5.41, 5.74) is 2.66. The summed E-state index contributed by atoms with van der Waals surface area (Å²) in [5, 5.41) is 9.02. The highest BCUT2D eigenvalue weighted by Gasteiger charge is 2.25. The predicted octanol–water partition coefficient (Wildman–Crippen LogP) is 1.54. The third-order valence-electron chi connectivity index (χ3n) is 2.85. The Hall–Kier alpha value is -0.630. The molecule has 0 amide bonds. The van der Waals surface area contributed by atoms with Crippen molar-refractivity contribution in [3.05, 3.63) is 11.1 Å². The first-order valence-electron chi connectivity index (χ1n) is 4.40. The van der Waals surface area contributed by atoms with Crippen molar-refractivity contribution in [2.75, 3.05) is 6.61 Å². The summed E-state index contributed by atoms with van der Waals surface area (Å²) in [6, 6.07) is 0. The van der Waals surface area contributed by atoms with Crippen LogP contribution < -0.4 is 0 Å². The van der Waals surface area contributed by atoms with Crippen LogP contribution in [0.2, 0.25) is 0 Å². The van der Waals surface area contributed by atoms with E-state index in [-0.39, 0.29) is 18.4 Å². The van der Waals surface area contributed by atoms with Crippen molar-refractivity contribution in [1.29, 1.82) is 0 Å². The van der Waals surface area contributed by atoms with Gasteiger partial charge in [-0.25, -0.2) is 0 Å².